The fourth-order valence-corrected chi connectivity index (χ4v) is 2.98. The number of alkyl halides is 3. The van der Waals surface area contributed by atoms with Crippen LogP contribution in [0.3, 0.4) is 0 Å². The highest BCUT2D eigenvalue weighted by Gasteiger charge is 2.31. The number of halogens is 4. The van der Waals surface area contributed by atoms with E-state index in [2.05, 4.69) is 25.3 Å². The molecule has 0 fully saturated rings. The smallest absolute Gasteiger partial charge is 0.406 e. The first-order valence-electron chi connectivity index (χ1n) is 9.29. The summed E-state index contributed by atoms with van der Waals surface area (Å²) in [6.45, 7) is 3.49. The zero-order valence-corrected chi connectivity index (χ0v) is 17.4. The van der Waals surface area contributed by atoms with E-state index >= 15 is 0 Å². The number of ether oxygens (including phenoxy) is 1. The third-order valence-electron chi connectivity index (χ3n) is 4.13. The molecule has 0 aliphatic rings. The molecule has 3 N–H and O–H groups in total. The van der Waals surface area contributed by atoms with Gasteiger partial charge in [-0.1, -0.05) is 29.8 Å². The molecule has 10 heteroatoms. The fourth-order valence-electron chi connectivity index (χ4n) is 2.70. The Balaban J connectivity index is 2.00. The van der Waals surface area contributed by atoms with Gasteiger partial charge in [0.25, 0.3) is 0 Å². The first kappa shape index (κ1) is 22.6. The van der Waals surface area contributed by atoms with Crippen molar-refractivity contribution >= 4 is 29.1 Å². The highest BCUT2D eigenvalue weighted by atomic mass is 35.5. The highest BCUT2D eigenvalue weighted by molar-refractivity contribution is 6.33. The first-order chi connectivity index (χ1) is 14.6. The first-order valence-corrected chi connectivity index (χ1v) is 9.66. The molecule has 0 spiro atoms. The van der Waals surface area contributed by atoms with Crippen LogP contribution in [-0.4, -0.2) is 34.1 Å². The molecule has 1 heterocycles. The number of hydrogen-bond acceptors (Lipinski definition) is 6. The zero-order valence-electron chi connectivity index (χ0n) is 16.7. The molecule has 0 unspecified atom stereocenters. The van der Waals surface area contributed by atoms with Gasteiger partial charge in [-0.2, -0.15) is 4.98 Å². The van der Waals surface area contributed by atoms with Crippen LogP contribution >= 0.6 is 11.6 Å². The van der Waals surface area contributed by atoms with E-state index in [1.807, 2.05) is 13.0 Å². The van der Waals surface area contributed by atoms with Crippen molar-refractivity contribution in [3.05, 3.63) is 59.1 Å². The fraction of sp³-hybridized carbons (Fsp3) is 0.238. The predicted octanol–water partition coefficient (Wildman–Crippen LogP) is 5.54. The second kappa shape index (κ2) is 9.40. The van der Waals surface area contributed by atoms with Gasteiger partial charge in [0.1, 0.15) is 11.6 Å². The number of aryl methyl sites for hydroxylation is 1. The van der Waals surface area contributed by atoms with Crippen LogP contribution in [0.5, 0.6) is 5.75 Å². The zero-order chi connectivity index (χ0) is 22.6. The molecule has 0 amide bonds. The van der Waals surface area contributed by atoms with E-state index < -0.39 is 6.36 Å². The molecule has 0 saturated carbocycles. The minimum atomic E-state index is -4.80. The van der Waals surface area contributed by atoms with Crippen LogP contribution in [-0.2, 0) is 0 Å². The normalized spacial score (nSPS) is 12.4. The van der Waals surface area contributed by atoms with Gasteiger partial charge in [0.05, 0.1) is 23.0 Å². The molecule has 31 heavy (non-hydrogen) atoms. The number of rotatable bonds is 7. The second-order valence-corrected chi connectivity index (χ2v) is 7.28. The maximum atomic E-state index is 12.6. The monoisotopic (exact) mass is 452 g/mol. The van der Waals surface area contributed by atoms with E-state index in [1.165, 1.54) is 18.2 Å². The van der Waals surface area contributed by atoms with Crippen molar-refractivity contribution in [3.63, 3.8) is 0 Å². The Hall–Kier alpha value is -3.04. The molecule has 3 rings (SSSR count). The van der Waals surface area contributed by atoms with Crippen LogP contribution in [0.15, 0.2) is 48.5 Å². The van der Waals surface area contributed by atoms with E-state index in [0.29, 0.717) is 27.8 Å². The molecule has 164 valence electrons. The lowest BCUT2D eigenvalue weighted by molar-refractivity contribution is -0.274. The Morgan fingerprint density at radius 3 is 2.58 bits per heavy atom. The number of nitrogens with zero attached hydrogens (tertiary/aromatic N) is 2. The van der Waals surface area contributed by atoms with Gasteiger partial charge in [0, 0.05) is 17.7 Å². The molecule has 0 bridgehead atoms. The Morgan fingerprint density at radius 1 is 1.13 bits per heavy atom. The molecule has 3 aromatic rings. The van der Waals surface area contributed by atoms with Crippen molar-refractivity contribution < 1.29 is 23.0 Å². The van der Waals surface area contributed by atoms with E-state index in [1.54, 1.807) is 31.2 Å². The lowest BCUT2D eigenvalue weighted by Crippen LogP contribution is -2.21. The molecule has 0 aliphatic heterocycles. The average molecular weight is 453 g/mol. The predicted molar refractivity (Wildman–Crippen MR) is 114 cm³/mol. The van der Waals surface area contributed by atoms with Crippen LogP contribution in [0.25, 0.3) is 11.3 Å². The van der Waals surface area contributed by atoms with Crippen molar-refractivity contribution in [3.8, 4) is 17.0 Å². The number of aromatic nitrogens is 2. The molecule has 6 nitrogen and oxygen atoms in total. The van der Waals surface area contributed by atoms with Gasteiger partial charge in [0.2, 0.25) is 5.95 Å². The molecular weight excluding hydrogens is 433 g/mol. The summed E-state index contributed by atoms with van der Waals surface area (Å²) in [7, 11) is 0. The number of benzene rings is 2. The summed E-state index contributed by atoms with van der Waals surface area (Å²) in [6.07, 6.45) is -4.80. The van der Waals surface area contributed by atoms with E-state index in [9.17, 15) is 18.3 Å². The van der Waals surface area contributed by atoms with Crippen LogP contribution in [0.1, 0.15) is 12.5 Å². The summed E-state index contributed by atoms with van der Waals surface area (Å²) >= 11 is 6.29. The molecule has 1 atom stereocenters. The molecule has 1 aromatic heterocycles. The third-order valence-corrected chi connectivity index (χ3v) is 4.44. The minimum Gasteiger partial charge on any atom is -0.406 e. The minimum absolute atomic E-state index is 0.158. The van der Waals surface area contributed by atoms with E-state index in [4.69, 9.17) is 11.6 Å². The summed E-state index contributed by atoms with van der Waals surface area (Å²) in [5.41, 5.74) is 2.33. The van der Waals surface area contributed by atoms with Gasteiger partial charge in [-0.3, -0.25) is 0 Å². The summed E-state index contributed by atoms with van der Waals surface area (Å²) in [4.78, 5) is 8.74. The second-order valence-electron chi connectivity index (χ2n) is 6.87. The molecule has 2 aromatic carbocycles. The van der Waals surface area contributed by atoms with Gasteiger partial charge < -0.3 is 20.5 Å². The van der Waals surface area contributed by atoms with E-state index in [0.717, 1.165) is 5.56 Å². The maximum absolute atomic E-state index is 12.6. The number of aliphatic hydroxyl groups excluding tert-OH is 1. The highest BCUT2D eigenvalue weighted by Crippen LogP contribution is 2.31. The van der Waals surface area contributed by atoms with Crippen LogP contribution < -0.4 is 15.4 Å². The molecule has 0 aliphatic carbocycles. The SMILES string of the molecule is Cc1ccc(Nc2cc(-c3cccc(OC(F)(F)F)c3)nc(N[C@@H](C)CO)n2)c(Cl)c1. The van der Waals surface area contributed by atoms with Gasteiger partial charge in [-0.15, -0.1) is 13.2 Å². The summed E-state index contributed by atoms with van der Waals surface area (Å²) < 4.78 is 41.8. The Morgan fingerprint density at radius 2 is 1.90 bits per heavy atom. The van der Waals surface area contributed by atoms with Gasteiger partial charge in [-0.25, -0.2) is 4.98 Å². The molecular formula is C21H20ClF3N4O2. The quantitative estimate of drug-likeness (QED) is 0.437. The average Bonchev–Trinajstić information content (AvgIpc) is 2.69. The third kappa shape index (κ3) is 6.47. The Bertz CT molecular complexity index is 1060. The topological polar surface area (TPSA) is 79.3 Å². The standard InChI is InChI=1S/C21H20ClF3N4O2/c1-12-6-7-17(16(22)8-12)27-19-10-18(28-20(29-19)26-13(2)11-30)14-4-3-5-15(9-14)31-21(23,24)25/h3-10,13,30H,11H2,1-2H3,(H2,26,27,28,29)/t13-/m0/s1. The van der Waals surface area contributed by atoms with E-state index in [-0.39, 0.29) is 24.3 Å². The van der Waals surface area contributed by atoms with Crippen LogP contribution in [0.2, 0.25) is 5.02 Å². The van der Waals surface area contributed by atoms with Crippen LogP contribution in [0, 0.1) is 6.92 Å². The maximum Gasteiger partial charge on any atom is 0.573 e. The molecule has 0 radical (unpaired) electrons. The number of nitrogens with one attached hydrogen (secondary N) is 2. The largest absolute Gasteiger partial charge is 0.573 e. The van der Waals surface area contributed by atoms with Gasteiger partial charge >= 0.3 is 6.36 Å². The lowest BCUT2D eigenvalue weighted by Gasteiger charge is -2.15. The van der Waals surface area contributed by atoms with Crippen LogP contribution in [0.4, 0.5) is 30.6 Å². The van der Waals surface area contributed by atoms with Crippen molar-refractivity contribution in [2.24, 2.45) is 0 Å². The summed E-state index contributed by atoms with van der Waals surface area (Å²) in [5.74, 6) is 0.190. The number of hydrogen-bond donors (Lipinski definition) is 3. The lowest BCUT2D eigenvalue weighted by atomic mass is 10.1. The van der Waals surface area contributed by atoms with Gasteiger partial charge in [0.15, 0.2) is 0 Å². The van der Waals surface area contributed by atoms with Crippen molar-refractivity contribution in [1.82, 2.24) is 9.97 Å². The van der Waals surface area contributed by atoms with Crippen molar-refractivity contribution in [2.75, 3.05) is 17.2 Å². The van der Waals surface area contributed by atoms with Crippen molar-refractivity contribution in [2.45, 2.75) is 26.3 Å². The summed E-state index contributed by atoms with van der Waals surface area (Å²) in [6, 6.07) is 12.2. The Kier molecular flexibility index (Phi) is 6.87. The van der Waals surface area contributed by atoms with Gasteiger partial charge in [-0.05, 0) is 43.7 Å². The van der Waals surface area contributed by atoms with Crippen molar-refractivity contribution in [1.29, 1.82) is 0 Å². The molecule has 0 saturated heterocycles. The number of anilines is 3. The number of aliphatic hydroxyl groups is 1. The Labute approximate surface area is 182 Å². The summed E-state index contributed by atoms with van der Waals surface area (Å²) in [5, 5.41) is 15.9.